The van der Waals surface area contributed by atoms with E-state index in [-0.39, 0.29) is 42.9 Å². The topological polar surface area (TPSA) is 96.0 Å². The van der Waals surface area contributed by atoms with Gasteiger partial charge in [0.05, 0.1) is 10.6 Å². The molecule has 0 aromatic heterocycles. The number of halogens is 1. The molecule has 2 aromatic rings. The van der Waals surface area contributed by atoms with E-state index in [0.717, 1.165) is 5.56 Å². The minimum atomic E-state index is -3.80. The fourth-order valence-corrected chi connectivity index (χ4v) is 5.63. The van der Waals surface area contributed by atoms with E-state index in [9.17, 15) is 18.0 Å². The molecule has 2 amide bonds. The van der Waals surface area contributed by atoms with Crippen LogP contribution in [0, 0.1) is 6.92 Å². The number of amides is 2. The van der Waals surface area contributed by atoms with Gasteiger partial charge in [-0.05, 0) is 43.2 Å². The maximum Gasteiger partial charge on any atom is 0.265 e. The molecule has 0 aliphatic carbocycles. The van der Waals surface area contributed by atoms with Crippen molar-refractivity contribution < 1.29 is 22.7 Å². The third kappa shape index (κ3) is 4.75. The molecule has 8 nitrogen and oxygen atoms in total. The van der Waals surface area contributed by atoms with Gasteiger partial charge in [0.15, 0.2) is 6.10 Å². The van der Waals surface area contributed by atoms with Crippen LogP contribution in [-0.4, -0.2) is 61.7 Å². The van der Waals surface area contributed by atoms with Crippen molar-refractivity contribution in [1.29, 1.82) is 0 Å². The van der Waals surface area contributed by atoms with Crippen molar-refractivity contribution in [2.45, 2.75) is 24.8 Å². The molecule has 2 aromatic carbocycles. The summed E-state index contributed by atoms with van der Waals surface area (Å²) in [6.45, 7) is 4.19. The van der Waals surface area contributed by atoms with Crippen molar-refractivity contribution in [2.24, 2.45) is 0 Å². The lowest BCUT2D eigenvalue weighted by Crippen LogP contribution is -2.50. The van der Waals surface area contributed by atoms with Gasteiger partial charge in [0.25, 0.3) is 5.91 Å². The quantitative estimate of drug-likeness (QED) is 0.666. The van der Waals surface area contributed by atoms with Gasteiger partial charge < -0.3 is 15.0 Å². The van der Waals surface area contributed by atoms with E-state index >= 15 is 0 Å². The molecule has 1 N–H and O–H groups in total. The number of fused-ring (bicyclic) bond motifs is 1. The second-order valence-electron chi connectivity index (χ2n) is 7.95. The van der Waals surface area contributed by atoms with Crippen molar-refractivity contribution >= 4 is 45.2 Å². The number of nitrogens with one attached hydrogen (secondary N) is 1. The van der Waals surface area contributed by atoms with Gasteiger partial charge in [-0.1, -0.05) is 29.8 Å². The van der Waals surface area contributed by atoms with Crippen LogP contribution in [0.2, 0.25) is 5.02 Å². The van der Waals surface area contributed by atoms with Gasteiger partial charge in [-0.15, -0.1) is 0 Å². The SMILES string of the molecule is Cc1cc2c(cc1S(=O)(=O)N1CCN(C(=O)/C=C/c3ccccc3Cl)CC1)OC(C)C(=O)N2. The zero-order chi connectivity index (χ0) is 23.8. The van der Waals surface area contributed by atoms with Gasteiger partial charge in [0, 0.05) is 43.3 Å². The predicted octanol–water partition coefficient (Wildman–Crippen LogP) is 2.91. The number of sulfonamides is 1. The highest BCUT2D eigenvalue weighted by molar-refractivity contribution is 7.89. The molecule has 0 radical (unpaired) electrons. The second kappa shape index (κ2) is 9.17. The highest BCUT2D eigenvalue weighted by atomic mass is 35.5. The molecule has 0 bridgehead atoms. The summed E-state index contributed by atoms with van der Waals surface area (Å²) >= 11 is 6.11. The third-order valence-electron chi connectivity index (χ3n) is 5.69. The Morgan fingerprint density at radius 3 is 2.58 bits per heavy atom. The Labute approximate surface area is 197 Å². The molecule has 2 aliphatic heterocycles. The van der Waals surface area contributed by atoms with E-state index in [1.807, 2.05) is 18.2 Å². The lowest BCUT2D eigenvalue weighted by molar-refractivity contribution is -0.127. The third-order valence-corrected chi connectivity index (χ3v) is 8.07. The van der Waals surface area contributed by atoms with Crippen molar-refractivity contribution in [3.8, 4) is 5.75 Å². The number of nitrogens with zero attached hydrogens (tertiary/aromatic N) is 2. The Balaban J connectivity index is 1.45. The normalized spacial score (nSPS) is 19.2. The molecule has 10 heteroatoms. The van der Waals surface area contributed by atoms with E-state index in [1.54, 1.807) is 37.0 Å². The second-order valence-corrected chi connectivity index (χ2v) is 10.3. The number of aryl methyl sites for hydroxylation is 1. The Morgan fingerprint density at radius 1 is 1.18 bits per heavy atom. The highest BCUT2D eigenvalue weighted by Crippen LogP contribution is 2.35. The molecule has 174 valence electrons. The summed E-state index contributed by atoms with van der Waals surface area (Å²) in [6, 6.07) is 10.3. The number of hydrogen-bond acceptors (Lipinski definition) is 5. The van der Waals surface area contributed by atoms with E-state index in [0.29, 0.717) is 22.0 Å². The predicted molar refractivity (Wildman–Crippen MR) is 126 cm³/mol. The molecule has 33 heavy (non-hydrogen) atoms. The lowest BCUT2D eigenvalue weighted by Gasteiger charge is -2.34. The van der Waals surface area contributed by atoms with Gasteiger partial charge in [-0.25, -0.2) is 8.42 Å². The summed E-state index contributed by atoms with van der Waals surface area (Å²) in [5.41, 5.74) is 1.70. The first-order valence-corrected chi connectivity index (χ1v) is 12.3. The van der Waals surface area contributed by atoms with E-state index in [2.05, 4.69) is 5.32 Å². The molecule has 2 heterocycles. The molecule has 0 saturated carbocycles. The number of hydrogen-bond donors (Lipinski definition) is 1. The summed E-state index contributed by atoms with van der Waals surface area (Å²) in [7, 11) is -3.80. The number of rotatable bonds is 4. The highest BCUT2D eigenvalue weighted by Gasteiger charge is 2.33. The minimum absolute atomic E-state index is 0.128. The van der Waals surface area contributed by atoms with Gasteiger partial charge in [0.2, 0.25) is 15.9 Å². The van der Waals surface area contributed by atoms with Crippen LogP contribution >= 0.6 is 11.6 Å². The first-order chi connectivity index (χ1) is 15.7. The summed E-state index contributed by atoms with van der Waals surface area (Å²) in [5, 5.41) is 3.27. The van der Waals surface area contributed by atoms with Crippen LogP contribution in [0.3, 0.4) is 0 Å². The van der Waals surface area contributed by atoms with Crippen LogP contribution in [0.4, 0.5) is 5.69 Å². The number of carbonyl (C=O) groups is 2. The average Bonchev–Trinajstić information content (AvgIpc) is 2.79. The largest absolute Gasteiger partial charge is 0.479 e. The smallest absolute Gasteiger partial charge is 0.265 e. The number of piperazine rings is 1. The van der Waals surface area contributed by atoms with Crippen LogP contribution in [0.25, 0.3) is 6.08 Å². The van der Waals surface area contributed by atoms with Crippen LogP contribution in [0.1, 0.15) is 18.1 Å². The van der Waals surface area contributed by atoms with Gasteiger partial charge in [0.1, 0.15) is 5.75 Å². The zero-order valence-corrected chi connectivity index (χ0v) is 19.8. The molecule has 0 spiro atoms. The van der Waals surface area contributed by atoms with Crippen molar-refractivity contribution in [3.05, 3.63) is 58.6 Å². The molecule has 1 unspecified atom stereocenters. The minimum Gasteiger partial charge on any atom is -0.479 e. The van der Waals surface area contributed by atoms with Gasteiger partial charge in [-0.3, -0.25) is 9.59 Å². The number of anilines is 1. The van der Waals surface area contributed by atoms with Crippen molar-refractivity contribution in [3.63, 3.8) is 0 Å². The molecule has 1 fully saturated rings. The summed E-state index contributed by atoms with van der Waals surface area (Å²) in [6.07, 6.45) is 2.40. The molecule has 1 atom stereocenters. The Bertz CT molecular complexity index is 1240. The standard InChI is InChI=1S/C23H24ClN3O5S/c1-15-13-19-20(32-16(2)23(29)25-19)14-21(15)33(30,31)27-11-9-26(10-12-27)22(28)8-7-17-5-3-4-6-18(17)24/h3-8,13-14,16H,9-12H2,1-2H3,(H,25,29)/b8-7+. The Morgan fingerprint density at radius 2 is 1.88 bits per heavy atom. The molecule has 1 saturated heterocycles. The average molecular weight is 490 g/mol. The van der Waals surface area contributed by atoms with E-state index in [4.69, 9.17) is 16.3 Å². The number of benzene rings is 2. The van der Waals surface area contributed by atoms with Crippen LogP contribution in [0.5, 0.6) is 5.75 Å². The molecule has 4 rings (SSSR count). The first kappa shape index (κ1) is 23.3. The fourth-order valence-electron chi connectivity index (χ4n) is 3.79. The summed E-state index contributed by atoms with van der Waals surface area (Å²) in [5.74, 6) is -0.151. The van der Waals surface area contributed by atoms with Crippen LogP contribution in [-0.2, 0) is 19.6 Å². The van der Waals surface area contributed by atoms with Crippen molar-refractivity contribution in [2.75, 3.05) is 31.5 Å². The zero-order valence-electron chi connectivity index (χ0n) is 18.2. The molecule has 2 aliphatic rings. The van der Waals surface area contributed by atoms with Gasteiger partial charge >= 0.3 is 0 Å². The van der Waals surface area contributed by atoms with Crippen LogP contribution in [0.15, 0.2) is 47.4 Å². The maximum atomic E-state index is 13.3. The number of ether oxygens (including phenoxy) is 1. The van der Waals surface area contributed by atoms with E-state index < -0.39 is 16.1 Å². The van der Waals surface area contributed by atoms with Crippen molar-refractivity contribution in [1.82, 2.24) is 9.21 Å². The van der Waals surface area contributed by atoms with Gasteiger partial charge in [-0.2, -0.15) is 4.31 Å². The molecular weight excluding hydrogens is 466 g/mol. The van der Waals surface area contributed by atoms with E-state index in [1.165, 1.54) is 16.4 Å². The first-order valence-electron chi connectivity index (χ1n) is 10.5. The lowest BCUT2D eigenvalue weighted by atomic mass is 10.1. The molecular formula is C23H24ClN3O5S. The Kier molecular flexibility index (Phi) is 6.47. The maximum absolute atomic E-state index is 13.3. The summed E-state index contributed by atoms with van der Waals surface area (Å²) < 4.78 is 33.6. The van der Waals surface area contributed by atoms with Crippen LogP contribution < -0.4 is 10.1 Å². The summed E-state index contributed by atoms with van der Waals surface area (Å²) in [4.78, 5) is 26.1. The fraction of sp³-hybridized carbons (Fsp3) is 0.304. The monoisotopic (exact) mass is 489 g/mol. The number of carbonyl (C=O) groups excluding carboxylic acids is 2. The Hall–Kier alpha value is -2.88.